The lowest BCUT2D eigenvalue weighted by atomic mass is 9.73. The lowest BCUT2D eigenvalue weighted by Gasteiger charge is -2.42. The van der Waals surface area contributed by atoms with Crippen LogP contribution in [-0.4, -0.2) is 0 Å². The van der Waals surface area contributed by atoms with Crippen LogP contribution in [0.4, 0.5) is 17.1 Å². The summed E-state index contributed by atoms with van der Waals surface area (Å²) < 4.78 is 14.0. The Hall–Kier alpha value is -4.02. The van der Waals surface area contributed by atoms with E-state index in [1.54, 1.807) is 0 Å². The van der Waals surface area contributed by atoms with Gasteiger partial charge in [0.15, 0.2) is 0 Å². The number of para-hydroxylation sites is 2. The summed E-state index contributed by atoms with van der Waals surface area (Å²) in [5.74, 6) is 2.89. The normalized spacial score (nSPS) is 14.0. The molecule has 0 unspecified atom stereocenters. The predicted octanol–water partition coefficient (Wildman–Crippen LogP) is 12.7. The molecule has 0 fully saturated rings. The third-order valence-corrected chi connectivity index (χ3v) is 9.56. The van der Waals surface area contributed by atoms with E-state index in [1.165, 1.54) is 22.3 Å². The van der Waals surface area contributed by atoms with Crippen LogP contribution in [0.15, 0.2) is 114 Å². The zero-order chi connectivity index (χ0) is 32.1. The predicted molar refractivity (Wildman–Crippen MR) is 191 cm³/mol. The fraction of sp³-hybridized carbons (Fsp3) is 0.268. The van der Waals surface area contributed by atoms with Crippen molar-refractivity contribution in [3.05, 3.63) is 136 Å². The van der Waals surface area contributed by atoms with E-state index in [1.807, 2.05) is 24.3 Å². The zero-order valence-electron chi connectivity index (χ0n) is 27.5. The van der Waals surface area contributed by atoms with E-state index in [9.17, 15) is 0 Å². The SMILES string of the molecule is CC(C)(C)c1ccc(Oc2cc(N3c4ccccc4C(C)(C)c4ccccc43)cc(Oc3ccc(C(C)(C)C)cc3)c2Br)cc1. The van der Waals surface area contributed by atoms with Gasteiger partial charge in [-0.05, 0) is 85.4 Å². The van der Waals surface area contributed by atoms with Gasteiger partial charge in [0.25, 0.3) is 0 Å². The number of hydrogen-bond acceptors (Lipinski definition) is 3. The number of anilines is 3. The number of halogens is 1. The Bertz CT molecular complexity index is 1710. The van der Waals surface area contributed by atoms with Crippen molar-refractivity contribution >= 4 is 33.0 Å². The van der Waals surface area contributed by atoms with Crippen LogP contribution in [0.2, 0.25) is 0 Å². The van der Waals surface area contributed by atoms with Crippen LogP contribution in [-0.2, 0) is 16.2 Å². The molecule has 0 saturated heterocycles. The summed E-state index contributed by atoms with van der Waals surface area (Å²) in [7, 11) is 0. The molecule has 1 aliphatic heterocycles. The minimum Gasteiger partial charge on any atom is -0.456 e. The molecule has 0 radical (unpaired) electrons. The van der Waals surface area contributed by atoms with E-state index in [4.69, 9.17) is 9.47 Å². The number of benzene rings is 5. The van der Waals surface area contributed by atoms with Crippen LogP contribution in [0.5, 0.6) is 23.0 Å². The molecular formula is C41H42BrNO2. The van der Waals surface area contributed by atoms with Crippen molar-refractivity contribution in [3.8, 4) is 23.0 Å². The summed E-state index contributed by atoms with van der Waals surface area (Å²) in [4.78, 5) is 2.33. The van der Waals surface area contributed by atoms with Crippen molar-refractivity contribution in [3.63, 3.8) is 0 Å². The Morgan fingerprint density at radius 3 is 1.31 bits per heavy atom. The first-order valence-electron chi connectivity index (χ1n) is 15.6. The monoisotopic (exact) mass is 659 g/mol. The highest BCUT2D eigenvalue weighted by molar-refractivity contribution is 9.10. The van der Waals surface area contributed by atoms with Crippen LogP contribution in [0.3, 0.4) is 0 Å². The average Bonchev–Trinajstić information content (AvgIpc) is 2.99. The van der Waals surface area contributed by atoms with Gasteiger partial charge in [-0.2, -0.15) is 0 Å². The van der Waals surface area contributed by atoms with Gasteiger partial charge in [0.05, 0.1) is 17.1 Å². The largest absolute Gasteiger partial charge is 0.456 e. The molecule has 0 atom stereocenters. The van der Waals surface area contributed by atoms with Crippen LogP contribution in [0.1, 0.15) is 77.6 Å². The second-order valence-electron chi connectivity index (χ2n) is 14.5. The molecule has 5 aromatic rings. The summed E-state index contributed by atoms with van der Waals surface area (Å²) >= 11 is 3.86. The first-order valence-corrected chi connectivity index (χ1v) is 16.4. The molecule has 0 amide bonds. The van der Waals surface area contributed by atoms with Gasteiger partial charge in [0.1, 0.15) is 27.5 Å². The molecule has 0 saturated carbocycles. The maximum atomic E-state index is 6.61. The maximum absolute atomic E-state index is 6.61. The summed E-state index contributed by atoms with van der Waals surface area (Å²) in [6.07, 6.45) is 0. The minimum atomic E-state index is -0.151. The van der Waals surface area contributed by atoms with E-state index >= 15 is 0 Å². The van der Waals surface area contributed by atoms with Gasteiger partial charge in [-0.25, -0.2) is 0 Å². The number of nitrogens with zero attached hydrogens (tertiary/aromatic N) is 1. The number of hydrogen-bond donors (Lipinski definition) is 0. The van der Waals surface area contributed by atoms with Gasteiger partial charge in [0.2, 0.25) is 0 Å². The average molecular weight is 661 g/mol. The van der Waals surface area contributed by atoms with Crippen LogP contribution >= 0.6 is 15.9 Å². The maximum Gasteiger partial charge on any atom is 0.147 e. The fourth-order valence-corrected chi connectivity index (χ4v) is 6.47. The van der Waals surface area contributed by atoms with Gasteiger partial charge in [-0.1, -0.05) is 116 Å². The van der Waals surface area contributed by atoms with Gasteiger partial charge < -0.3 is 14.4 Å². The summed E-state index contributed by atoms with van der Waals surface area (Å²) in [5.41, 5.74) is 8.27. The number of ether oxygens (including phenoxy) is 2. The Morgan fingerprint density at radius 2 is 0.933 bits per heavy atom. The second kappa shape index (κ2) is 11.4. The lowest BCUT2D eigenvalue weighted by Crippen LogP contribution is -2.30. The fourth-order valence-electron chi connectivity index (χ4n) is 6.08. The minimum absolute atomic E-state index is 0.0609. The topological polar surface area (TPSA) is 21.7 Å². The molecule has 1 aliphatic rings. The zero-order valence-corrected chi connectivity index (χ0v) is 29.1. The molecule has 0 bridgehead atoms. The van der Waals surface area contributed by atoms with E-state index in [0.29, 0.717) is 11.5 Å². The van der Waals surface area contributed by atoms with Crippen molar-refractivity contribution < 1.29 is 9.47 Å². The molecule has 230 valence electrons. The van der Waals surface area contributed by atoms with Crippen LogP contribution in [0, 0.1) is 0 Å². The third-order valence-electron chi connectivity index (χ3n) is 8.78. The summed E-state index contributed by atoms with van der Waals surface area (Å²) in [6.45, 7) is 17.9. The van der Waals surface area contributed by atoms with Crippen LogP contribution < -0.4 is 14.4 Å². The Morgan fingerprint density at radius 1 is 0.556 bits per heavy atom. The van der Waals surface area contributed by atoms with Gasteiger partial charge >= 0.3 is 0 Å². The quantitative estimate of drug-likeness (QED) is 0.187. The van der Waals surface area contributed by atoms with E-state index in [-0.39, 0.29) is 16.2 Å². The van der Waals surface area contributed by atoms with Gasteiger partial charge in [0, 0.05) is 17.5 Å². The molecule has 0 aromatic heterocycles. The number of fused-ring (bicyclic) bond motifs is 2. The van der Waals surface area contributed by atoms with Crippen molar-refractivity contribution in [2.45, 2.75) is 71.6 Å². The first kappa shape index (κ1) is 31.0. The highest BCUT2D eigenvalue weighted by Crippen LogP contribution is 2.54. The van der Waals surface area contributed by atoms with E-state index in [0.717, 1.165) is 33.0 Å². The smallest absolute Gasteiger partial charge is 0.147 e. The molecule has 6 rings (SSSR count). The Labute approximate surface area is 277 Å². The molecule has 4 heteroatoms. The summed E-state index contributed by atoms with van der Waals surface area (Å²) in [6, 6.07) is 38.3. The highest BCUT2D eigenvalue weighted by Gasteiger charge is 2.37. The summed E-state index contributed by atoms with van der Waals surface area (Å²) in [5, 5.41) is 0. The van der Waals surface area contributed by atoms with Crippen molar-refractivity contribution in [1.29, 1.82) is 0 Å². The molecular weight excluding hydrogens is 618 g/mol. The Kier molecular flexibility index (Phi) is 7.85. The van der Waals surface area contributed by atoms with Gasteiger partial charge in [-0.3, -0.25) is 0 Å². The molecule has 45 heavy (non-hydrogen) atoms. The van der Waals surface area contributed by atoms with Crippen molar-refractivity contribution in [2.24, 2.45) is 0 Å². The third kappa shape index (κ3) is 6.01. The standard InChI is InChI=1S/C41H42BrNO2/c1-39(2,3)27-17-21-30(22-18-27)44-36-25-29(26-37(38(36)42)45-31-23-19-28(20-24-31)40(4,5)6)43-34-15-11-9-13-32(34)41(7,8)33-14-10-12-16-35(33)43/h9-26H,1-8H3. The van der Waals surface area contributed by atoms with Crippen molar-refractivity contribution in [1.82, 2.24) is 0 Å². The lowest BCUT2D eigenvalue weighted by molar-refractivity contribution is 0.454. The molecule has 5 aromatic carbocycles. The molecule has 0 aliphatic carbocycles. The molecule has 3 nitrogen and oxygen atoms in total. The molecule has 0 spiro atoms. The highest BCUT2D eigenvalue weighted by atomic mass is 79.9. The second-order valence-corrected chi connectivity index (χ2v) is 15.3. The van der Waals surface area contributed by atoms with E-state index < -0.39 is 0 Å². The number of rotatable bonds is 5. The Balaban J connectivity index is 1.49. The van der Waals surface area contributed by atoms with Gasteiger partial charge in [-0.15, -0.1) is 0 Å². The first-order chi connectivity index (χ1) is 21.2. The van der Waals surface area contributed by atoms with Crippen LogP contribution in [0.25, 0.3) is 0 Å². The molecule has 0 N–H and O–H groups in total. The molecule has 1 heterocycles. The van der Waals surface area contributed by atoms with E-state index in [2.05, 4.69) is 161 Å². The van der Waals surface area contributed by atoms with Crippen molar-refractivity contribution in [2.75, 3.05) is 4.90 Å².